The number of carbonyl (C=O) groups is 2. The van der Waals surface area contributed by atoms with Gasteiger partial charge in [-0.2, -0.15) is 0 Å². The summed E-state index contributed by atoms with van der Waals surface area (Å²) in [6.45, 7) is -0.388. The van der Waals surface area contributed by atoms with Crippen LogP contribution in [-0.4, -0.2) is 53.5 Å². The summed E-state index contributed by atoms with van der Waals surface area (Å²) >= 11 is 0. The molecule has 0 saturated heterocycles. The summed E-state index contributed by atoms with van der Waals surface area (Å²) in [5, 5.41) is 2.67. The lowest BCUT2D eigenvalue weighted by molar-refractivity contribution is -0.146. The quantitative estimate of drug-likeness (QED) is 0.467. The van der Waals surface area contributed by atoms with Gasteiger partial charge < -0.3 is 14.2 Å². The lowest BCUT2D eigenvalue weighted by atomic mass is 9.99. The molecule has 0 saturated carbocycles. The van der Waals surface area contributed by atoms with E-state index in [0.29, 0.717) is 16.8 Å². The number of aromatic nitrogens is 3. The smallest absolute Gasteiger partial charge is 0.408 e. The van der Waals surface area contributed by atoms with Gasteiger partial charge in [-0.05, 0) is 30.3 Å². The van der Waals surface area contributed by atoms with Crippen LogP contribution in [-0.2, 0) is 20.8 Å². The first kappa shape index (κ1) is 22.3. The number of carbonyl (C=O) groups excluding carboxylic acids is 2. The molecule has 2 aromatic heterocycles. The maximum atomic E-state index is 13.1. The molecule has 0 fully saturated rings. The molecular weight excluding hydrogens is 416 g/mol. The van der Waals surface area contributed by atoms with Crippen molar-refractivity contribution >= 4 is 23.0 Å². The van der Waals surface area contributed by atoms with Gasteiger partial charge in [0.15, 0.2) is 0 Å². The minimum atomic E-state index is -1.95. The summed E-state index contributed by atoms with van der Waals surface area (Å²) in [5.41, 5.74) is -1.48. The fourth-order valence-electron chi connectivity index (χ4n) is 2.93. The van der Waals surface area contributed by atoms with E-state index in [1.807, 2.05) is 0 Å². The zero-order valence-corrected chi connectivity index (χ0v) is 17.6. The summed E-state index contributed by atoms with van der Waals surface area (Å²) in [6, 6.07) is 8.20. The molecule has 1 aromatic carbocycles. The molecule has 1 N–H and O–H groups in total. The van der Waals surface area contributed by atoms with Gasteiger partial charge in [-0.25, -0.2) is 14.6 Å². The Kier molecular flexibility index (Phi) is 6.70. The van der Waals surface area contributed by atoms with Gasteiger partial charge in [0.1, 0.15) is 5.75 Å². The monoisotopic (exact) mass is 436 g/mol. The first-order valence-electron chi connectivity index (χ1n) is 9.33. The van der Waals surface area contributed by atoms with Gasteiger partial charge >= 0.3 is 12.1 Å². The van der Waals surface area contributed by atoms with Gasteiger partial charge in [-0.15, -0.1) is 0 Å². The van der Waals surface area contributed by atoms with Crippen molar-refractivity contribution in [3.8, 4) is 17.6 Å². The second-order valence-corrected chi connectivity index (χ2v) is 6.57. The average Bonchev–Trinajstić information content (AvgIpc) is 2.84. The van der Waals surface area contributed by atoms with Gasteiger partial charge in [0.2, 0.25) is 5.54 Å². The Hall–Kier alpha value is -4.39. The first-order chi connectivity index (χ1) is 15.4. The lowest BCUT2D eigenvalue weighted by Crippen LogP contribution is -2.58. The van der Waals surface area contributed by atoms with Crippen molar-refractivity contribution in [1.29, 1.82) is 0 Å². The molecule has 0 radical (unpaired) electrons. The Morgan fingerprint density at radius 2 is 2.00 bits per heavy atom. The Morgan fingerprint density at radius 3 is 2.66 bits per heavy atom. The van der Waals surface area contributed by atoms with Crippen LogP contribution in [0, 0.1) is 11.8 Å². The number of amides is 1. The van der Waals surface area contributed by atoms with Crippen LogP contribution in [0.25, 0.3) is 10.9 Å². The molecule has 0 unspecified atom stereocenters. The molecule has 32 heavy (non-hydrogen) atoms. The minimum absolute atomic E-state index is 0.268. The van der Waals surface area contributed by atoms with Crippen molar-refractivity contribution in [2.75, 3.05) is 21.3 Å². The topological polar surface area (TPSA) is 122 Å². The normalized spacial score (nSPS) is 12.1. The van der Waals surface area contributed by atoms with Crippen LogP contribution in [0.1, 0.15) is 5.56 Å². The second kappa shape index (κ2) is 9.61. The maximum Gasteiger partial charge on any atom is 0.408 e. The molecule has 0 aliphatic rings. The summed E-state index contributed by atoms with van der Waals surface area (Å²) in [4.78, 5) is 46.3. The number of esters is 1. The van der Waals surface area contributed by atoms with Crippen LogP contribution in [0.5, 0.6) is 5.75 Å². The fraction of sp³-hybridized carbons (Fsp3) is 0.227. The molecule has 10 heteroatoms. The van der Waals surface area contributed by atoms with Crippen LogP contribution >= 0.6 is 0 Å². The van der Waals surface area contributed by atoms with Crippen molar-refractivity contribution in [2.45, 2.75) is 12.1 Å². The average molecular weight is 436 g/mol. The Morgan fingerprint density at radius 1 is 1.19 bits per heavy atom. The SMILES string of the molecule is COC(=O)N[C@@](C#Cc1cccnc1)(Cn1cnc2ccc(OC)cc2c1=O)C(=O)OC. The Balaban J connectivity index is 2.15. The molecule has 0 aliphatic carbocycles. The van der Waals surface area contributed by atoms with E-state index in [2.05, 4.69) is 31.9 Å². The number of benzene rings is 1. The molecule has 164 valence electrons. The Bertz CT molecular complexity index is 1260. The lowest BCUT2D eigenvalue weighted by Gasteiger charge is -2.26. The number of ether oxygens (including phenoxy) is 3. The number of alkyl carbamates (subject to hydrolysis) is 1. The third-order valence-electron chi connectivity index (χ3n) is 4.56. The fourth-order valence-corrected chi connectivity index (χ4v) is 2.93. The number of rotatable bonds is 5. The summed E-state index contributed by atoms with van der Waals surface area (Å²) in [5.74, 6) is 5.09. The van der Waals surface area contributed by atoms with Crippen molar-refractivity contribution < 1.29 is 23.8 Å². The van der Waals surface area contributed by atoms with Crippen LogP contribution < -0.4 is 15.6 Å². The first-order valence-corrected chi connectivity index (χ1v) is 9.33. The molecule has 10 nitrogen and oxygen atoms in total. The molecule has 3 rings (SSSR count). The number of hydrogen-bond donors (Lipinski definition) is 1. The van der Waals surface area contributed by atoms with Crippen LogP contribution in [0.15, 0.2) is 53.8 Å². The largest absolute Gasteiger partial charge is 0.497 e. The van der Waals surface area contributed by atoms with Crippen molar-refractivity contribution in [1.82, 2.24) is 19.9 Å². The van der Waals surface area contributed by atoms with Gasteiger partial charge in [0.05, 0.1) is 45.1 Å². The van der Waals surface area contributed by atoms with Crippen LogP contribution in [0.3, 0.4) is 0 Å². The summed E-state index contributed by atoms with van der Waals surface area (Å²) in [7, 11) is 3.77. The molecule has 1 atom stereocenters. The van der Waals surface area contributed by atoms with E-state index in [4.69, 9.17) is 9.47 Å². The van der Waals surface area contributed by atoms with E-state index in [9.17, 15) is 14.4 Å². The zero-order chi connectivity index (χ0) is 23.1. The number of nitrogens with one attached hydrogen (secondary N) is 1. The highest BCUT2D eigenvalue weighted by Crippen LogP contribution is 2.17. The number of hydrogen-bond acceptors (Lipinski definition) is 8. The van der Waals surface area contributed by atoms with Gasteiger partial charge in [-0.1, -0.05) is 11.8 Å². The van der Waals surface area contributed by atoms with E-state index in [-0.39, 0.29) is 11.9 Å². The maximum absolute atomic E-state index is 13.1. The number of methoxy groups -OCH3 is 3. The molecule has 0 spiro atoms. The molecule has 0 bridgehead atoms. The molecule has 2 heterocycles. The van der Waals surface area contributed by atoms with Crippen molar-refractivity contribution in [3.05, 3.63) is 65.0 Å². The predicted octanol–water partition coefficient (Wildman–Crippen LogP) is 1.12. The zero-order valence-electron chi connectivity index (χ0n) is 17.6. The van der Waals surface area contributed by atoms with Crippen LogP contribution in [0.4, 0.5) is 4.79 Å². The molecular formula is C22H20N4O6. The third-order valence-corrected chi connectivity index (χ3v) is 4.56. The van der Waals surface area contributed by atoms with Crippen LogP contribution in [0.2, 0.25) is 0 Å². The predicted molar refractivity (Wildman–Crippen MR) is 114 cm³/mol. The molecule has 1 amide bonds. The van der Waals surface area contributed by atoms with E-state index >= 15 is 0 Å². The number of pyridine rings is 1. The van der Waals surface area contributed by atoms with Crippen molar-refractivity contribution in [3.63, 3.8) is 0 Å². The van der Waals surface area contributed by atoms with Gasteiger partial charge in [-0.3, -0.25) is 19.7 Å². The van der Waals surface area contributed by atoms with E-state index in [1.165, 1.54) is 25.7 Å². The van der Waals surface area contributed by atoms with Gasteiger partial charge in [0, 0.05) is 18.0 Å². The standard InChI is InChI=1S/C22H20N4O6/c1-30-16-6-7-18-17(11-16)19(27)26(14-24-18)13-22(20(28)31-2,25-21(29)32-3)9-8-15-5-4-10-23-12-15/h4-7,10-12,14H,13H2,1-3H3,(H,25,29)/t22-/m0/s1. The summed E-state index contributed by atoms with van der Waals surface area (Å²) < 4.78 is 15.9. The molecule has 3 aromatic rings. The van der Waals surface area contributed by atoms with Gasteiger partial charge in [0.25, 0.3) is 5.56 Å². The second-order valence-electron chi connectivity index (χ2n) is 6.57. The minimum Gasteiger partial charge on any atom is -0.497 e. The van der Waals surface area contributed by atoms with E-state index in [0.717, 1.165) is 18.8 Å². The number of nitrogens with zero attached hydrogens (tertiary/aromatic N) is 3. The number of fused-ring (bicyclic) bond motifs is 1. The third kappa shape index (κ3) is 4.67. The van der Waals surface area contributed by atoms with E-state index < -0.39 is 23.2 Å². The molecule has 0 aliphatic heterocycles. The highest BCUT2D eigenvalue weighted by Gasteiger charge is 2.41. The summed E-state index contributed by atoms with van der Waals surface area (Å²) in [6.07, 6.45) is 3.39. The van der Waals surface area contributed by atoms with Crippen molar-refractivity contribution in [2.24, 2.45) is 0 Å². The Labute approximate surface area is 183 Å². The highest BCUT2D eigenvalue weighted by atomic mass is 16.5. The van der Waals surface area contributed by atoms with E-state index in [1.54, 1.807) is 30.5 Å². The highest BCUT2D eigenvalue weighted by molar-refractivity contribution is 5.89.